The maximum Gasteiger partial charge on any atom is 0.252 e. The van der Waals surface area contributed by atoms with Gasteiger partial charge in [-0.1, -0.05) is 0 Å². The van der Waals surface area contributed by atoms with E-state index in [4.69, 9.17) is 29.4 Å². The van der Waals surface area contributed by atoms with Crippen LogP contribution in [0.15, 0.2) is 42.6 Å². The van der Waals surface area contributed by atoms with E-state index in [2.05, 4.69) is 4.98 Å². The van der Waals surface area contributed by atoms with Crippen LogP contribution in [0.3, 0.4) is 0 Å². The number of benzene rings is 2. The van der Waals surface area contributed by atoms with Crippen LogP contribution >= 0.6 is 0 Å². The minimum Gasteiger partial charge on any atom is -0.496 e. The molecule has 3 aromatic rings. The maximum absolute atomic E-state index is 11.8. The summed E-state index contributed by atoms with van der Waals surface area (Å²) in [5, 5.41) is 0.626. The number of hydrogen-bond donors (Lipinski definition) is 1. The van der Waals surface area contributed by atoms with Crippen LogP contribution in [-0.4, -0.2) is 44.4 Å². The zero-order valence-electron chi connectivity index (χ0n) is 16.7. The molecule has 8 nitrogen and oxygen atoms in total. The van der Waals surface area contributed by atoms with Gasteiger partial charge in [-0.25, -0.2) is 0 Å². The van der Waals surface area contributed by atoms with Crippen LogP contribution in [0.2, 0.25) is 0 Å². The molecule has 1 unspecified atom stereocenters. The van der Waals surface area contributed by atoms with E-state index >= 15 is 0 Å². The van der Waals surface area contributed by atoms with Crippen molar-refractivity contribution >= 4 is 16.8 Å². The molecule has 2 aromatic carbocycles. The van der Waals surface area contributed by atoms with Crippen molar-refractivity contribution in [3.63, 3.8) is 0 Å². The highest BCUT2D eigenvalue weighted by Crippen LogP contribution is 2.36. The van der Waals surface area contributed by atoms with Gasteiger partial charge in [0.05, 0.1) is 38.5 Å². The Bertz CT molecular complexity index is 1080. The summed E-state index contributed by atoms with van der Waals surface area (Å²) in [6.45, 7) is 1.24. The van der Waals surface area contributed by atoms with Crippen LogP contribution in [0.4, 0.5) is 0 Å². The summed E-state index contributed by atoms with van der Waals surface area (Å²) in [6.07, 6.45) is 2.45. The molecule has 1 aromatic heterocycles. The highest BCUT2D eigenvalue weighted by molar-refractivity contribution is 6.01. The van der Waals surface area contributed by atoms with Crippen LogP contribution in [0.25, 0.3) is 10.9 Å². The van der Waals surface area contributed by atoms with E-state index in [-0.39, 0.29) is 11.7 Å². The van der Waals surface area contributed by atoms with Crippen molar-refractivity contribution in [2.24, 2.45) is 5.73 Å². The number of carbonyl (C=O) groups excluding carboxylic acids is 1. The first kappa shape index (κ1) is 19.8. The van der Waals surface area contributed by atoms with Gasteiger partial charge in [-0.15, -0.1) is 0 Å². The van der Waals surface area contributed by atoms with Crippen LogP contribution in [0.5, 0.6) is 28.7 Å². The Balaban J connectivity index is 1.71. The van der Waals surface area contributed by atoms with Crippen molar-refractivity contribution < 1.29 is 28.5 Å². The van der Waals surface area contributed by atoms with E-state index in [1.807, 2.05) is 0 Å². The lowest BCUT2D eigenvalue weighted by molar-refractivity contribution is 0.0997. The summed E-state index contributed by atoms with van der Waals surface area (Å²) in [7, 11) is 3.05. The molecular weight excluding hydrogens is 388 g/mol. The lowest BCUT2D eigenvalue weighted by Crippen LogP contribution is -2.15. The second-order valence-corrected chi connectivity index (χ2v) is 6.79. The molecule has 2 heterocycles. The zero-order chi connectivity index (χ0) is 21.1. The first-order chi connectivity index (χ1) is 14.6. The minimum absolute atomic E-state index is 0.00250. The largest absolute Gasteiger partial charge is 0.496 e. The Hall–Kier alpha value is -3.52. The van der Waals surface area contributed by atoms with E-state index in [9.17, 15) is 4.79 Å². The minimum atomic E-state index is -0.598. The van der Waals surface area contributed by atoms with Crippen LogP contribution in [0, 0.1) is 0 Å². The quantitative estimate of drug-likeness (QED) is 0.637. The van der Waals surface area contributed by atoms with Crippen molar-refractivity contribution in [3.05, 3.63) is 48.2 Å². The molecule has 30 heavy (non-hydrogen) atoms. The van der Waals surface area contributed by atoms with E-state index in [0.717, 1.165) is 6.42 Å². The predicted octanol–water partition coefficient (Wildman–Crippen LogP) is 3.31. The highest BCUT2D eigenvalue weighted by atomic mass is 16.5. The first-order valence-electron chi connectivity index (χ1n) is 9.45. The molecule has 0 radical (unpaired) electrons. The standard InChI is InChI=1S/C22H22N2O6/c1-26-14-7-15(29-13-4-6-28-12-13)9-16(8-14)30-20-3-5-24-19-11-21(27-2)18(22(23)25)10-17(19)20/h3,5,7-11,13H,4,6,12H2,1-2H3,(H2,23,25). The Kier molecular flexibility index (Phi) is 5.58. The second kappa shape index (κ2) is 8.46. The summed E-state index contributed by atoms with van der Waals surface area (Å²) in [4.78, 5) is 16.2. The van der Waals surface area contributed by atoms with Gasteiger partial charge >= 0.3 is 0 Å². The fourth-order valence-corrected chi connectivity index (χ4v) is 3.31. The SMILES string of the molecule is COc1cc(Oc2ccnc3cc(OC)c(C(N)=O)cc23)cc(OC2CCOC2)c1. The number of rotatable bonds is 7. The third kappa shape index (κ3) is 4.08. The number of ether oxygens (including phenoxy) is 5. The molecule has 0 aliphatic carbocycles. The van der Waals surface area contributed by atoms with Crippen molar-refractivity contribution in [2.45, 2.75) is 12.5 Å². The van der Waals surface area contributed by atoms with Crippen molar-refractivity contribution in [2.75, 3.05) is 27.4 Å². The van der Waals surface area contributed by atoms with Gasteiger partial charge in [0.25, 0.3) is 5.91 Å². The normalized spacial score (nSPS) is 15.7. The molecule has 1 amide bonds. The van der Waals surface area contributed by atoms with Crippen molar-refractivity contribution in [1.82, 2.24) is 4.98 Å². The number of fused-ring (bicyclic) bond motifs is 1. The molecule has 1 atom stereocenters. The Morgan fingerprint density at radius 1 is 1.07 bits per heavy atom. The molecule has 156 valence electrons. The molecule has 1 saturated heterocycles. The molecule has 1 aliphatic rings. The summed E-state index contributed by atoms with van der Waals surface area (Å²) in [6, 6.07) is 10.3. The predicted molar refractivity (Wildman–Crippen MR) is 110 cm³/mol. The monoisotopic (exact) mass is 410 g/mol. The number of amides is 1. The summed E-state index contributed by atoms with van der Waals surface area (Å²) < 4.78 is 28.1. The average molecular weight is 410 g/mol. The third-order valence-corrected chi connectivity index (χ3v) is 4.80. The topological polar surface area (TPSA) is 102 Å². The summed E-state index contributed by atoms with van der Waals surface area (Å²) in [5.74, 6) is 2.01. The summed E-state index contributed by atoms with van der Waals surface area (Å²) >= 11 is 0. The molecule has 1 fully saturated rings. The van der Waals surface area contributed by atoms with Crippen LogP contribution in [-0.2, 0) is 4.74 Å². The van der Waals surface area contributed by atoms with Gasteiger partial charge in [-0.2, -0.15) is 0 Å². The number of primary amides is 1. The van der Waals surface area contributed by atoms with Gasteiger partial charge in [0.2, 0.25) is 0 Å². The fraction of sp³-hybridized carbons (Fsp3) is 0.273. The van der Waals surface area contributed by atoms with Gasteiger partial charge in [-0.3, -0.25) is 9.78 Å². The van der Waals surface area contributed by atoms with Crippen LogP contribution < -0.4 is 24.7 Å². The Morgan fingerprint density at radius 3 is 2.57 bits per heavy atom. The average Bonchev–Trinajstić information content (AvgIpc) is 3.25. The molecule has 1 aliphatic heterocycles. The smallest absolute Gasteiger partial charge is 0.252 e. The van der Waals surface area contributed by atoms with Gasteiger partial charge < -0.3 is 29.4 Å². The Morgan fingerprint density at radius 2 is 1.87 bits per heavy atom. The fourth-order valence-electron chi connectivity index (χ4n) is 3.31. The number of nitrogens with zero attached hydrogens (tertiary/aromatic N) is 1. The number of methoxy groups -OCH3 is 2. The number of nitrogens with two attached hydrogens (primary N) is 1. The third-order valence-electron chi connectivity index (χ3n) is 4.80. The van der Waals surface area contributed by atoms with Crippen molar-refractivity contribution in [1.29, 1.82) is 0 Å². The number of aromatic nitrogens is 1. The lowest BCUT2D eigenvalue weighted by Gasteiger charge is -2.16. The van der Waals surface area contributed by atoms with Crippen LogP contribution in [0.1, 0.15) is 16.8 Å². The van der Waals surface area contributed by atoms with E-state index in [0.29, 0.717) is 52.9 Å². The van der Waals surface area contributed by atoms with Gasteiger partial charge in [0, 0.05) is 42.3 Å². The zero-order valence-corrected chi connectivity index (χ0v) is 16.7. The highest BCUT2D eigenvalue weighted by Gasteiger charge is 2.19. The molecule has 2 N–H and O–H groups in total. The van der Waals surface area contributed by atoms with E-state index in [1.165, 1.54) is 7.11 Å². The Labute approximate surface area is 173 Å². The van der Waals surface area contributed by atoms with Gasteiger partial charge in [0.1, 0.15) is 34.9 Å². The molecule has 0 saturated carbocycles. The van der Waals surface area contributed by atoms with Gasteiger partial charge in [-0.05, 0) is 12.1 Å². The van der Waals surface area contributed by atoms with Crippen molar-refractivity contribution in [3.8, 4) is 28.7 Å². The van der Waals surface area contributed by atoms with E-state index in [1.54, 1.807) is 49.7 Å². The maximum atomic E-state index is 11.8. The second-order valence-electron chi connectivity index (χ2n) is 6.79. The molecule has 0 spiro atoms. The first-order valence-corrected chi connectivity index (χ1v) is 9.45. The molecule has 0 bridgehead atoms. The molecular formula is C22H22N2O6. The van der Waals surface area contributed by atoms with E-state index < -0.39 is 5.91 Å². The molecule has 4 rings (SSSR count). The summed E-state index contributed by atoms with van der Waals surface area (Å²) in [5.41, 5.74) is 6.35. The molecule has 8 heteroatoms. The number of pyridine rings is 1. The number of hydrogen-bond acceptors (Lipinski definition) is 7. The van der Waals surface area contributed by atoms with Gasteiger partial charge in [0.15, 0.2) is 0 Å². The number of carbonyl (C=O) groups is 1. The lowest BCUT2D eigenvalue weighted by atomic mass is 10.1.